The number of ketones is 1. The molecule has 1 unspecified atom stereocenters. The van der Waals surface area contributed by atoms with Gasteiger partial charge in [-0.1, -0.05) is 56.5 Å². The predicted octanol–water partition coefficient (Wildman–Crippen LogP) is 1.28. The monoisotopic (exact) mass is 516 g/mol. The maximum absolute atomic E-state index is 13.9. The van der Waals surface area contributed by atoms with Crippen molar-refractivity contribution < 1.29 is 24.2 Å². The van der Waals surface area contributed by atoms with Gasteiger partial charge in [0.05, 0.1) is 0 Å². The molecule has 0 saturated carbocycles. The molecule has 2 rings (SSSR count). The van der Waals surface area contributed by atoms with Gasteiger partial charge in [0.15, 0.2) is 34.6 Å². The van der Waals surface area contributed by atoms with Gasteiger partial charge in [-0.2, -0.15) is 0 Å². The van der Waals surface area contributed by atoms with Crippen LogP contribution in [-0.2, 0) is 25.6 Å². The second kappa shape index (κ2) is 14.0. The third-order valence-corrected chi connectivity index (χ3v) is 6.55. The van der Waals surface area contributed by atoms with E-state index in [1.807, 2.05) is 5.43 Å². The summed E-state index contributed by atoms with van der Waals surface area (Å²) in [5.74, 6) is -3.13. The van der Waals surface area contributed by atoms with Crippen LogP contribution in [0.25, 0.3) is 0 Å². The quantitative estimate of drug-likeness (QED) is 0.0781. The summed E-state index contributed by atoms with van der Waals surface area (Å²) in [5.41, 5.74) is 11.0. The van der Waals surface area contributed by atoms with E-state index in [2.05, 4.69) is 4.99 Å². The van der Waals surface area contributed by atoms with E-state index in [0.717, 1.165) is 12.8 Å². The number of imide groups is 1. The zero-order chi connectivity index (χ0) is 27.4. The Morgan fingerprint density at radius 1 is 1.24 bits per heavy atom. The van der Waals surface area contributed by atoms with Crippen LogP contribution < -0.4 is 16.9 Å². The first-order chi connectivity index (χ1) is 17.6. The maximum Gasteiger partial charge on any atom is 0.258 e. The molecular weight excluding hydrogens is 480 g/mol. The molecule has 1 heterocycles. The van der Waals surface area contributed by atoms with Crippen molar-refractivity contribution in [2.45, 2.75) is 76.3 Å². The van der Waals surface area contributed by atoms with Crippen LogP contribution in [0.5, 0.6) is 0 Å². The van der Waals surface area contributed by atoms with E-state index in [1.54, 1.807) is 37.3 Å². The number of nitrogens with zero attached hydrogens (tertiary/aromatic N) is 3. The predicted molar refractivity (Wildman–Crippen MR) is 136 cm³/mol. The maximum atomic E-state index is 13.9. The highest BCUT2D eigenvalue weighted by atomic mass is 16.7. The topological polar surface area (TPSA) is 191 Å². The molecule has 0 bridgehead atoms. The highest BCUT2D eigenvalue weighted by Gasteiger charge is 2.51. The fourth-order valence-corrected chi connectivity index (χ4v) is 4.55. The van der Waals surface area contributed by atoms with E-state index >= 15 is 0 Å². The Labute approximate surface area is 216 Å². The molecule has 5 N–H and O–H groups in total. The van der Waals surface area contributed by atoms with Gasteiger partial charge < -0.3 is 16.3 Å². The van der Waals surface area contributed by atoms with Gasteiger partial charge >= 0.3 is 0 Å². The minimum Gasteiger partial charge on any atom is -0.370 e. The number of nitrogens with one attached hydrogen (secondary N) is 1. The standard InChI is InChI=1S/C25H36N6O6/c1-18-10-5-2-3-8-14-21(33)25(17-32,16-19-11-6-4-7-12-19)30(22(18)34)23(35)20(29-31(36)37)13-9-15-28-24(26)27/h4,6-7,11-12,17-18,20,29H,2-3,5,8-10,13-16H2,1H3,(H4,26,27,28)/t18?,20-,25-/m0/s1. The molecule has 1 aliphatic rings. The molecule has 202 valence electrons. The summed E-state index contributed by atoms with van der Waals surface area (Å²) in [6.45, 7) is 1.73. The number of amides is 2. The van der Waals surface area contributed by atoms with Gasteiger partial charge in [0.25, 0.3) is 5.91 Å². The number of carbonyl (C=O) groups is 4. The smallest absolute Gasteiger partial charge is 0.258 e. The van der Waals surface area contributed by atoms with Gasteiger partial charge in [-0.15, -0.1) is 5.43 Å². The SMILES string of the molecule is CC1CCCCCCC(=O)[C@@](C=O)(Cc2ccccc2)N(C(=O)[C@H](CCCN=C(N)N)N[N+](=O)[O-])C1=O. The Kier molecular flexibility index (Phi) is 11.2. The molecular formula is C25H36N6O6. The molecule has 1 aromatic rings. The van der Waals surface area contributed by atoms with E-state index in [9.17, 15) is 29.3 Å². The molecule has 0 aromatic heterocycles. The van der Waals surface area contributed by atoms with Gasteiger partial charge in [-0.3, -0.25) is 24.3 Å². The summed E-state index contributed by atoms with van der Waals surface area (Å²) in [6, 6.07) is 7.11. The minimum atomic E-state index is -2.13. The van der Waals surface area contributed by atoms with Crippen LogP contribution in [0.1, 0.15) is 63.9 Å². The van der Waals surface area contributed by atoms with Crippen LogP contribution in [0, 0.1) is 16.0 Å². The van der Waals surface area contributed by atoms with Crippen molar-refractivity contribution in [2.75, 3.05) is 6.54 Å². The van der Waals surface area contributed by atoms with Crippen molar-refractivity contribution in [2.24, 2.45) is 22.4 Å². The lowest BCUT2D eigenvalue weighted by Crippen LogP contribution is -2.66. The lowest BCUT2D eigenvalue weighted by atomic mass is 9.82. The van der Waals surface area contributed by atoms with Crippen molar-refractivity contribution in [3.63, 3.8) is 0 Å². The highest BCUT2D eigenvalue weighted by molar-refractivity contribution is 6.13. The number of aldehydes is 1. The first-order valence-electron chi connectivity index (χ1n) is 12.5. The Hall–Kier alpha value is -3.83. The molecule has 3 atom stereocenters. The molecule has 1 aliphatic heterocycles. The van der Waals surface area contributed by atoms with Crippen LogP contribution in [0.4, 0.5) is 0 Å². The number of hydrogen-bond donors (Lipinski definition) is 3. The average molecular weight is 517 g/mol. The van der Waals surface area contributed by atoms with E-state index in [4.69, 9.17) is 11.5 Å². The van der Waals surface area contributed by atoms with E-state index in [0.29, 0.717) is 36.0 Å². The van der Waals surface area contributed by atoms with Crippen LogP contribution in [0.15, 0.2) is 35.3 Å². The fraction of sp³-hybridized carbons (Fsp3) is 0.560. The summed E-state index contributed by atoms with van der Waals surface area (Å²) >= 11 is 0. The van der Waals surface area contributed by atoms with Crippen molar-refractivity contribution >= 4 is 29.8 Å². The van der Waals surface area contributed by atoms with Crippen molar-refractivity contribution in [1.29, 1.82) is 0 Å². The second-order valence-electron chi connectivity index (χ2n) is 9.38. The first kappa shape index (κ1) is 29.4. The number of carbonyl (C=O) groups excluding carboxylic acids is 4. The van der Waals surface area contributed by atoms with E-state index in [1.165, 1.54) is 0 Å². The number of rotatable bonds is 10. The summed E-state index contributed by atoms with van der Waals surface area (Å²) in [4.78, 5) is 70.1. The van der Waals surface area contributed by atoms with Gasteiger partial charge in [-0.25, -0.2) is 10.1 Å². The van der Waals surface area contributed by atoms with Crippen LogP contribution in [0.3, 0.4) is 0 Å². The molecule has 12 heteroatoms. The number of hydrogen-bond acceptors (Lipinski definition) is 7. The lowest BCUT2D eigenvalue weighted by molar-refractivity contribution is -0.548. The Morgan fingerprint density at radius 3 is 2.54 bits per heavy atom. The Balaban J connectivity index is 2.61. The fourth-order valence-electron chi connectivity index (χ4n) is 4.55. The Bertz CT molecular complexity index is 997. The zero-order valence-corrected chi connectivity index (χ0v) is 21.1. The Morgan fingerprint density at radius 2 is 1.92 bits per heavy atom. The van der Waals surface area contributed by atoms with Gasteiger partial charge in [0, 0.05) is 25.3 Å². The number of guanidine groups is 1. The molecule has 1 fully saturated rings. The summed E-state index contributed by atoms with van der Waals surface area (Å²) in [5, 5.41) is 10.5. The zero-order valence-electron chi connectivity index (χ0n) is 21.1. The number of nitrogens with two attached hydrogens (primary N) is 2. The summed E-state index contributed by atoms with van der Waals surface area (Å²) in [7, 11) is 0. The number of Topliss-reactive ketones (excluding diaryl/α,β-unsaturated/α-hetero) is 1. The molecule has 2 amide bonds. The lowest BCUT2D eigenvalue weighted by Gasteiger charge is -2.40. The van der Waals surface area contributed by atoms with Crippen LogP contribution in [0.2, 0.25) is 0 Å². The molecule has 0 aliphatic carbocycles. The van der Waals surface area contributed by atoms with Crippen molar-refractivity contribution in [1.82, 2.24) is 10.3 Å². The minimum absolute atomic E-state index is 0.00512. The molecule has 37 heavy (non-hydrogen) atoms. The summed E-state index contributed by atoms with van der Waals surface area (Å²) < 4.78 is 0. The van der Waals surface area contributed by atoms with Gasteiger partial charge in [0.1, 0.15) is 0 Å². The molecule has 1 aromatic carbocycles. The largest absolute Gasteiger partial charge is 0.370 e. The highest BCUT2D eigenvalue weighted by Crippen LogP contribution is 2.29. The third kappa shape index (κ3) is 8.09. The summed E-state index contributed by atoms with van der Waals surface area (Å²) in [6.07, 6.45) is 3.42. The van der Waals surface area contributed by atoms with E-state index in [-0.39, 0.29) is 38.2 Å². The van der Waals surface area contributed by atoms with Gasteiger partial charge in [-0.05, 0) is 31.2 Å². The molecule has 1 saturated heterocycles. The number of aliphatic imine (C=N–C) groups is 1. The average Bonchev–Trinajstić information content (AvgIpc) is 2.88. The second-order valence-corrected chi connectivity index (χ2v) is 9.38. The number of hydrazine groups is 1. The van der Waals surface area contributed by atoms with Crippen LogP contribution >= 0.6 is 0 Å². The number of nitro groups is 1. The van der Waals surface area contributed by atoms with Crippen molar-refractivity contribution in [3.05, 3.63) is 46.0 Å². The third-order valence-electron chi connectivity index (χ3n) is 6.55. The van der Waals surface area contributed by atoms with Crippen molar-refractivity contribution in [3.8, 4) is 0 Å². The molecule has 0 spiro atoms. The first-order valence-corrected chi connectivity index (χ1v) is 12.5. The normalized spacial score (nSPS) is 21.9. The number of benzene rings is 1. The van der Waals surface area contributed by atoms with Gasteiger partial charge in [0.2, 0.25) is 5.91 Å². The van der Waals surface area contributed by atoms with E-state index < -0.39 is 40.1 Å². The van der Waals surface area contributed by atoms with Crippen LogP contribution in [-0.4, -0.2) is 57.9 Å². The molecule has 12 nitrogen and oxygen atoms in total. The molecule has 0 radical (unpaired) electrons.